The number of hydrogen-bond acceptors (Lipinski definition) is 4. The summed E-state index contributed by atoms with van der Waals surface area (Å²) in [4.78, 5) is 12.5. The molecule has 0 aliphatic carbocycles. The van der Waals surface area contributed by atoms with E-state index in [1.165, 1.54) is 11.8 Å². The maximum absolute atomic E-state index is 14.0. The van der Waals surface area contributed by atoms with Crippen molar-refractivity contribution in [1.82, 2.24) is 14.8 Å². The predicted octanol–water partition coefficient (Wildman–Crippen LogP) is 6.01. The Labute approximate surface area is 196 Å². The van der Waals surface area contributed by atoms with Gasteiger partial charge in [-0.25, -0.2) is 8.78 Å². The van der Waals surface area contributed by atoms with Crippen molar-refractivity contribution >= 4 is 39.3 Å². The third kappa shape index (κ3) is 4.89. The Bertz CT molecular complexity index is 1240. The number of hydrogen-bond donors (Lipinski definition) is 1. The van der Waals surface area contributed by atoms with Gasteiger partial charge in [-0.05, 0) is 41.1 Å². The molecule has 5 nitrogen and oxygen atoms in total. The van der Waals surface area contributed by atoms with E-state index in [2.05, 4.69) is 31.4 Å². The molecule has 1 amide bonds. The number of nitrogens with zero attached hydrogens (tertiary/aromatic N) is 3. The smallest absolute Gasteiger partial charge is 0.234 e. The van der Waals surface area contributed by atoms with Gasteiger partial charge >= 0.3 is 0 Å². The van der Waals surface area contributed by atoms with Gasteiger partial charge in [0.1, 0.15) is 5.82 Å². The van der Waals surface area contributed by atoms with Crippen LogP contribution in [0.25, 0.3) is 17.1 Å². The Hall–Kier alpha value is -3.04. The van der Waals surface area contributed by atoms with Gasteiger partial charge in [0, 0.05) is 21.8 Å². The number of aryl methyl sites for hydroxylation is 1. The Morgan fingerprint density at radius 2 is 1.78 bits per heavy atom. The first-order valence-corrected chi connectivity index (χ1v) is 11.4. The van der Waals surface area contributed by atoms with E-state index in [0.717, 1.165) is 22.9 Å². The van der Waals surface area contributed by atoms with Crippen molar-refractivity contribution in [2.24, 2.45) is 0 Å². The maximum atomic E-state index is 14.0. The summed E-state index contributed by atoms with van der Waals surface area (Å²) >= 11 is 4.24. The molecule has 162 valence electrons. The second kappa shape index (κ2) is 9.62. The highest BCUT2D eigenvalue weighted by molar-refractivity contribution is 9.10. The Morgan fingerprint density at radius 1 is 1.06 bits per heavy atom. The summed E-state index contributed by atoms with van der Waals surface area (Å²) in [5.74, 6) is -1.44. The molecular weight excluding hydrogens is 498 g/mol. The van der Waals surface area contributed by atoms with Gasteiger partial charge in [0.25, 0.3) is 0 Å². The van der Waals surface area contributed by atoms with E-state index in [4.69, 9.17) is 0 Å². The van der Waals surface area contributed by atoms with Gasteiger partial charge in [-0.15, -0.1) is 10.2 Å². The maximum Gasteiger partial charge on any atom is 0.234 e. The summed E-state index contributed by atoms with van der Waals surface area (Å²) in [6.07, 6.45) is 0. The quantitative estimate of drug-likeness (QED) is 0.320. The number of carbonyl (C=O) groups is 1. The van der Waals surface area contributed by atoms with Crippen LogP contribution in [0.1, 0.15) is 5.56 Å². The number of thioether (sulfide) groups is 1. The van der Waals surface area contributed by atoms with Crippen molar-refractivity contribution < 1.29 is 13.6 Å². The Morgan fingerprint density at radius 3 is 2.47 bits per heavy atom. The Balaban J connectivity index is 1.59. The van der Waals surface area contributed by atoms with Gasteiger partial charge < -0.3 is 5.32 Å². The van der Waals surface area contributed by atoms with Gasteiger partial charge in [0.15, 0.2) is 16.8 Å². The molecule has 0 radical (unpaired) electrons. The lowest BCUT2D eigenvalue weighted by Crippen LogP contribution is -2.16. The molecule has 1 aromatic heterocycles. The number of benzene rings is 3. The number of para-hydroxylation sites is 1. The predicted molar refractivity (Wildman–Crippen MR) is 125 cm³/mol. The summed E-state index contributed by atoms with van der Waals surface area (Å²) in [5, 5.41) is 11.6. The minimum Gasteiger partial charge on any atom is -0.322 e. The Kier molecular flexibility index (Phi) is 6.66. The number of amides is 1. The minimum absolute atomic E-state index is 0.0396. The van der Waals surface area contributed by atoms with Crippen LogP contribution in [0.15, 0.2) is 76.4 Å². The number of aromatic nitrogens is 3. The molecule has 0 unspecified atom stereocenters. The molecular formula is C23H17BrF2N4OS. The highest BCUT2D eigenvalue weighted by Gasteiger charge is 2.18. The van der Waals surface area contributed by atoms with Crippen LogP contribution in [-0.2, 0) is 4.79 Å². The van der Waals surface area contributed by atoms with Crippen molar-refractivity contribution in [2.45, 2.75) is 12.1 Å². The molecule has 0 spiro atoms. The van der Waals surface area contributed by atoms with Crippen LogP contribution in [0.4, 0.5) is 14.5 Å². The average molecular weight is 515 g/mol. The van der Waals surface area contributed by atoms with Gasteiger partial charge in [-0.2, -0.15) is 0 Å². The molecule has 3 aromatic carbocycles. The molecule has 1 N–H and O–H groups in total. The zero-order valence-corrected chi connectivity index (χ0v) is 19.3. The molecule has 9 heteroatoms. The van der Waals surface area contributed by atoms with Crippen molar-refractivity contribution in [1.29, 1.82) is 0 Å². The summed E-state index contributed by atoms with van der Waals surface area (Å²) in [7, 11) is 0. The fourth-order valence-corrected chi connectivity index (χ4v) is 4.29. The van der Waals surface area contributed by atoms with Crippen molar-refractivity contribution in [2.75, 3.05) is 11.1 Å². The molecule has 4 aromatic rings. The first-order chi connectivity index (χ1) is 15.4. The summed E-state index contributed by atoms with van der Waals surface area (Å²) in [6.45, 7) is 2.01. The first kappa shape index (κ1) is 22.2. The van der Waals surface area contributed by atoms with E-state index < -0.39 is 17.5 Å². The topological polar surface area (TPSA) is 59.8 Å². The fraction of sp³-hybridized carbons (Fsp3) is 0.0870. The lowest BCUT2D eigenvalue weighted by atomic mass is 10.1. The summed E-state index contributed by atoms with van der Waals surface area (Å²) < 4.78 is 29.3. The normalized spacial score (nSPS) is 10.9. The van der Waals surface area contributed by atoms with Crippen molar-refractivity contribution in [3.63, 3.8) is 0 Å². The molecule has 32 heavy (non-hydrogen) atoms. The lowest BCUT2D eigenvalue weighted by Gasteiger charge is -2.11. The van der Waals surface area contributed by atoms with Gasteiger partial charge in [0.05, 0.1) is 11.4 Å². The second-order valence-electron chi connectivity index (χ2n) is 6.92. The van der Waals surface area contributed by atoms with E-state index in [0.29, 0.717) is 17.0 Å². The third-order valence-electron chi connectivity index (χ3n) is 4.56. The fourth-order valence-electron chi connectivity index (χ4n) is 3.03. The lowest BCUT2D eigenvalue weighted by molar-refractivity contribution is -0.113. The van der Waals surface area contributed by atoms with Gasteiger partial charge in [0.2, 0.25) is 5.91 Å². The molecule has 0 bridgehead atoms. The minimum atomic E-state index is -0.857. The largest absolute Gasteiger partial charge is 0.322 e. The van der Waals surface area contributed by atoms with E-state index in [9.17, 15) is 13.6 Å². The monoisotopic (exact) mass is 514 g/mol. The molecule has 1 heterocycles. The van der Waals surface area contributed by atoms with Crippen molar-refractivity contribution in [3.8, 4) is 17.1 Å². The first-order valence-electron chi connectivity index (χ1n) is 9.57. The highest BCUT2D eigenvalue weighted by atomic mass is 79.9. The van der Waals surface area contributed by atoms with Crippen LogP contribution in [0.5, 0.6) is 0 Å². The van der Waals surface area contributed by atoms with E-state index in [1.807, 2.05) is 66.1 Å². The molecule has 0 aliphatic heterocycles. The van der Waals surface area contributed by atoms with Gasteiger partial charge in [-0.3, -0.25) is 9.36 Å². The average Bonchev–Trinajstić information content (AvgIpc) is 3.20. The van der Waals surface area contributed by atoms with Crippen LogP contribution in [0.2, 0.25) is 0 Å². The zero-order chi connectivity index (χ0) is 22.7. The molecule has 0 saturated carbocycles. The SMILES string of the molecule is Cc1ccc(-c2nnc(SCC(=O)Nc3c(F)cc(F)cc3Br)n2-c2ccccc2)cc1. The summed E-state index contributed by atoms with van der Waals surface area (Å²) in [6, 6.07) is 19.3. The number of rotatable bonds is 6. The second-order valence-corrected chi connectivity index (χ2v) is 8.72. The van der Waals surface area contributed by atoms with E-state index in [1.54, 1.807) is 0 Å². The standard InChI is InChI=1S/C23H17BrF2N4OS/c1-14-7-9-15(10-8-14)22-28-29-23(30(22)17-5-3-2-4-6-17)32-13-20(31)27-21-18(24)11-16(25)12-19(21)26/h2-12H,13H2,1H3,(H,27,31). The van der Waals surface area contributed by atoms with Crippen LogP contribution in [0, 0.1) is 18.6 Å². The van der Waals surface area contributed by atoms with Crippen LogP contribution < -0.4 is 5.32 Å². The van der Waals surface area contributed by atoms with Crippen molar-refractivity contribution in [3.05, 3.63) is 88.4 Å². The molecule has 0 aliphatic rings. The third-order valence-corrected chi connectivity index (χ3v) is 6.12. The number of anilines is 1. The molecule has 0 saturated heterocycles. The molecule has 0 fully saturated rings. The summed E-state index contributed by atoms with van der Waals surface area (Å²) in [5.41, 5.74) is 2.76. The zero-order valence-electron chi connectivity index (χ0n) is 16.8. The van der Waals surface area contributed by atoms with E-state index in [-0.39, 0.29) is 15.9 Å². The number of halogens is 3. The number of carbonyl (C=O) groups excluding carboxylic acids is 1. The van der Waals surface area contributed by atoms with Crippen LogP contribution >= 0.6 is 27.7 Å². The van der Waals surface area contributed by atoms with Crippen LogP contribution in [-0.4, -0.2) is 26.4 Å². The van der Waals surface area contributed by atoms with Gasteiger partial charge in [-0.1, -0.05) is 59.8 Å². The highest BCUT2D eigenvalue weighted by Crippen LogP contribution is 2.30. The van der Waals surface area contributed by atoms with E-state index >= 15 is 0 Å². The molecule has 0 atom stereocenters. The number of nitrogens with one attached hydrogen (secondary N) is 1. The molecule has 4 rings (SSSR count). The van der Waals surface area contributed by atoms with Crippen LogP contribution in [0.3, 0.4) is 0 Å².